The Kier molecular flexibility index (Phi) is 6.73. The SMILES string of the molecule is C[C@@H]1Cc2cc(-c3cnn(C)c3)ccc2[C@@H](c2c(F)cc(OCCN)cc2F)N1CC(C)(C)F. The van der Waals surface area contributed by atoms with Gasteiger partial charge >= 0.3 is 0 Å². The number of benzene rings is 2. The van der Waals surface area contributed by atoms with Crippen molar-refractivity contribution in [1.29, 1.82) is 0 Å². The van der Waals surface area contributed by atoms with E-state index in [-0.39, 0.29) is 37.1 Å². The van der Waals surface area contributed by atoms with Crippen molar-refractivity contribution in [3.63, 3.8) is 0 Å². The molecule has 2 aromatic carbocycles. The van der Waals surface area contributed by atoms with Gasteiger partial charge in [0.25, 0.3) is 0 Å². The summed E-state index contributed by atoms with van der Waals surface area (Å²) in [7, 11) is 1.85. The number of fused-ring (bicyclic) bond motifs is 1. The Hall–Kier alpha value is -2.84. The molecule has 0 saturated carbocycles. The van der Waals surface area contributed by atoms with E-state index in [2.05, 4.69) is 5.10 Å². The third-order valence-electron chi connectivity index (χ3n) is 6.16. The summed E-state index contributed by atoms with van der Waals surface area (Å²) in [5, 5.41) is 4.24. The van der Waals surface area contributed by atoms with Gasteiger partial charge in [-0.15, -0.1) is 0 Å². The van der Waals surface area contributed by atoms with Crippen LogP contribution in [0.5, 0.6) is 5.75 Å². The van der Waals surface area contributed by atoms with Crippen molar-refractivity contribution in [3.05, 3.63) is 71.1 Å². The highest BCUT2D eigenvalue weighted by atomic mass is 19.1. The molecule has 5 nitrogen and oxygen atoms in total. The third kappa shape index (κ3) is 4.98. The minimum Gasteiger partial charge on any atom is -0.492 e. The number of hydrogen-bond acceptors (Lipinski definition) is 4. The third-order valence-corrected chi connectivity index (χ3v) is 6.16. The zero-order valence-corrected chi connectivity index (χ0v) is 20.0. The van der Waals surface area contributed by atoms with Crippen LogP contribution in [0.3, 0.4) is 0 Å². The topological polar surface area (TPSA) is 56.3 Å². The monoisotopic (exact) mass is 472 g/mol. The maximum absolute atomic E-state index is 15.4. The van der Waals surface area contributed by atoms with E-state index in [1.807, 2.05) is 43.3 Å². The number of nitrogens with two attached hydrogens (primary N) is 1. The van der Waals surface area contributed by atoms with Crippen LogP contribution < -0.4 is 10.5 Å². The predicted octanol–water partition coefficient (Wildman–Crippen LogP) is 4.79. The van der Waals surface area contributed by atoms with Crippen LogP contribution in [0.1, 0.15) is 43.5 Å². The molecule has 4 rings (SSSR count). The van der Waals surface area contributed by atoms with E-state index in [0.717, 1.165) is 22.3 Å². The molecule has 2 atom stereocenters. The summed E-state index contributed by atoms with van der Waals surface area (Å²) in [4.78, 5) is 1.86. The average Bonchev–Trinajstić information content (AvgIpc) is 3.19. The molecule has 1 aliphatic rings. The van der Waals surface area contributed by atoms with Crippen LogP contribution in [0, 0.1) is 11.6 Å². The number of aryl methyl sites for hydroxylation is 1. The van der Waals surface area contributed by atoms with Gasteiger partial charge in [-0.2, -0.15) is 5.10 Å². The molecule has 0 radical (unpaired) electrons. The van der Waals surface area contributed by atoms with E-state index in [0.29, 0.717) is 6.42 Å². The fourth-order valence-electron chi connectivity index (χ4n) is 4.75. The number of rotatable bonds is 7. The number of ether oxygens (including phenoxy) is 1. The number of aromatic nitrogens is 2. The molecular weight excluding hydrogens is 441 g/mol. The van der Waals surface area contributed by atoms with Crippen LogP contribution >= 0.6 is 0 Å². The van der Waals surface area contributed by atoms with E-state index in [4.69, 9.17) is 10.5 Å². The van der Waals surface area contributed by atoms with Gasteiger partial charge in [-0.25, -0.2) is 13.2 Å². The molecule has 3 aromatic rings. The lowest BCUT2D eigenvalue weighted by Gasteiger charge is -2.44. The Morgan fingerprint density at radius 3 is 2.44 bits per heavy atom. The molecule has 0 fully saturated rings. The number of hydrogen-bond donors (Lipinski definition) is 1. The standard InChI is InChI=1S/C26H31F3N4O/c1-16-9-18-10-17(19-13-31-32(4)14-19)5-6-21(18)25(33(16)15-26(2,3)29)24-22(27)11-20(12-23(24)28)34-8-7-30/h5-6,10-14,16,25H,7-9,15,30H2,1-4H3/t16-,25+/m1/s1. The molecule has 8 heteroatoms. The summed E-state index contributed by atoms with van der Waals surface area (Å²) >= 11 is 0. The van der Waals surface area contributed by atoms with Gasteiger partial charge in [-0.3, -0.25) is 9.58 Å². The Labute approximate surface area is 198 Å². The molecule has 0 amide bonds. The van der Waals surface area contributed by atoms with Crippen molar-refractivity contribution >= 4 is 0 Å². The Morgan fingerprint density at radius 1 is 1.15 bits per heavy atom. The van der Waals surface area contributed by atoms with Crippen molar-refractivity contribution in [2.45, 2.75) is 44.9 Å². The minimum atomic E-state index is -1.54. The number of halogens is 3. The van der Waals surface area contributed by atoms with Crippen molar-refractivity contribution in [1.82, 2.24) is 14.7 Å². The first-order valence-electron chi connectivity index (χ1n) is 11.5. The van der Waals surface area contributed by atoms with Crippen LogP contribution in [-0.2, 0) is 13.5 Å². The molecule has 34 heavy (non-hydrogen) atoms. The Morgan fingerprint density at radius 2 is 1.85 bits per heavy atom. The van der Waals surface area contributed by atoms with Gasteiger partial charge in [0.2, 0.25) is 0 Å². The molecule has 0 unspecified atom stereocenters. The second-order valence-corrected chi connectivity index (χ2v) is 9.60. The number of alkyl halides is 1. The quantitative estimate of drug-likeness (QED) is 0.537. The molecule has 0 saturated heterocycles. The maximum Gasteiger partial charge on any atom is 0.134 e. The first-order chi connectivity index (χ1) is 16.1. The molecule has 2 heterocycles. The van der Waals surface area contributed by atoms with E-state index in [9.17, 15) is 4.39 Å². The van der Waals surface area contributed by atoms with E-state index >= 15 is 8.78 Å². The van der Waals surface area contributed by atoms with Gasteiger partial charge < -0.3 is 10.5 Å². The predicted molar refractivity (Wildman–Crippen MR) is 126 cm³/mol. The molecule has 2 N–H and O–H groups in total. The van der Waals surface area contributed by atoms with Crippen molar-refractivity contribution < 1.29 is 17.9 Å². The summed E-state index contributed by atoms with van der Waals surface area (Å²) in [5.74, 6) is -1.37. The molecular formula is C26H31F3N4O. The maximum atomic E-state index is 15.4. The second kappa shape index (κ2) is 9.43. The molecule has 0 aliphatic carbocycles. The van der Waals surface area contributed by atoms with E-state index < -0.39 is 23.3 Å². The number of nitrogens with zero attached hydrogens (tertiary/aromatic N) is 3. The van der Waals surface area contributed by atoms with E-state index in [1.165, 1.54) is 26.0 Å². The van der Waals surface area contributed by atoms with Gasteiger partial charge in [0.15, 0.2) is 0 Å². The Balaban J connectivity index is 1.84. The summed E-state index contributed by atoms with van der Waals surface area (Å²) < 4.78 is 52.7. The fourth-order valence-corrected chi connectivity index (χ4v) is 4.75. The molecule has 1 aliphatic heterocycles. The molecule has 1 aromatic heterocycles. The highest BCUT2D eigenvalue weighted by molar-refractivity contribution is 5.64. The average molecular weight is 473 g/mol. The lowest BCUT2D eigenvalue weighted by Crippen LogP contribution is -2.48. The molecule has 0 spiro atoms. The lowest BCUT2D eigenvalue weighted by molar-refractivity contribution is 0.0652. The molecule has 182 valence electrons. The van der Waals surface area contributed by atoms with Crippen molar-refractivity contribution in [3.8, 4) is 16.9 Å². The minimum absolute atomic E-state index is 0.0347. The highest BCUT2D eigenvalue weighted by Crippen LogP contribution is 2.42. The van der Waals surface area contributed by atoms with Crippen molar-refractivity contribution in [2.24, 2.45) is 12.8 Å². The summed E-state index contributed by atoms with van der Waals surface area (Å²) in [6.45, 7) is 5.35. The zero-order chi connectivity index (χ0) is 24.6. The van der Waals surface area contributed by atoms with Gasteiger partial charge in [-0.05, 0) is 43.9 Å². The van der Waals surface area contributed by atoms with Crippen LogP contribution in [0.25, 0.3) is 11.1 Å². The smallest absolute Gasteiger partial charge is 0.134 e. The van der Waals surface area contributed by atoms with Gasteiger partial charge in [0.1, 0.15) is 29.7 Å². The van der Waals surface area contributed by atoms with Crippen LogP contribution in [-0.4, -0.2) is 46.1 Å². The van der Waals surface area contributed by atoms with Crippen LogP contribution in [0.2, 0.25) is 0 Å². The van der Waals surface area contributed by atoms with Gasteiger partial charge in [0.05, 0.1) is 12.2 Å². The first-order valence-corrected chi connectivity index (χ1v) is 11.5. The highest BCUT2D eigenvalue weighted by Gasteiger charge is 2.39. The first kappa shape index (κ1) is 24.3. The fraction of sp³-hybridized carbons (Fsp3) is 0.423. The summed E-state index contributed by atoms with van der Waals surface area (Å²) in [6.07, 6.45) is 4.34. The van der Waals surface area contributed by atoms with Gasteiger partial charge in [-0.1, -0.05) is 18.2 Å². The van der Waals surface area contributed by atoms with Crippen LogP contribution in [0.15, 0.2) is 42.7 Å². The second-order valence-electron chi connectivity index (χ2n) is 9.60. The summed E-state index contributed by atoms with van der Waals surface area (Å²) in [6, 6.07) is 7.30. The molecule has 0 bridgehead atoms. The van der Waals surface area contributed by atoms with Crippen molar-refractivity contribution in [2.75, 3.05) is 19.7 Å². The summed E-state index contributed by atoms with van der Waals surface area (Å²) in [5.41, 5.74) is 7.47. The lowest BCUT2D eigenvalue weighted by atomic mass is 9.82. The Bertz CT molecular complexity index is 1150. The van der Waals surface area contributed by atoms with Crippen LogP contribution in [0.4, 0.5) is 13.2 Å². The van der Waals surface area contributed by atoms with E-state index in [1.54, 1.807) is 10.9 Å². The van der Waals surface area contributed by atoms with Gasteiger partial charge in [0, 0.05) is 55.6 Å². The normalized spacial score (nSPS) is 18.7. The largest absolute Gasteiger partial charge is 0.492 e. The zero-order valence-electron chi connectivity index (χ0n) is 20.0.